The standard InChI is InChI=1S/C15H23NO3/c1-8(17)16-13(7-14(18)19)15-11-3-9-2-10(5-11)6-12(15)4-9/h9-13,15H,2-7H2,1H3,(H,16,17)(H,18,19). The maximum atomic E-state index is 11.4. The van der Waals surface area contributed by atoms with Crippen LogP contribution >= 0.6 is 0 Å². The first-order valence-electron chi connectivity index (χ1n) is 7.51. The molecule has 4 aliphatic carbocycles. The minimum absolute atomic E-state index is 0.0760. The highest BCUT2D eigenvalue weighted by Gasteiger charge is 2.50. The lowest BCUT2D eigenvalue weighted by molar-refractivity contribution is -0.139. The number of hydrogen-bond acceptors (Lipinski definition) is 2. The molecule has 1 amide bonds. The van der Waals surface area contributed by atoms with Gasteiger partial charge in [-0.05, 0) is 61.7 Å². The molecular weight excluding hydrogens is 242 g/mol. The number of carbonyl (C=O) groups is 2. The van der Waals surface area contributed by atoms with Crippen LogP contribution in [-0.2, 0) is 9.59 Å². The normalized spacial score (nSPS) is 41.0. The van der Waals surface area contributed by atoms with Gasteiger partial charge in [-0.3, -0.25) is 9.59 Å². The van der Waals surface area contributed by atoms with Gasteiger partial charge in [0.1, 0.15) is 0 Å². The molecule has 0 saturated heterocycles. The average molecular weight is 265 g/mol. The molecule has 4 saturated carbocycles. The van der Waals surface area contributed by atoms with Crippen LogP contribution in [0.1, 0.15) is 45.4 Å². The van der Waals surface area contributed by atoms with Crippen LogP contribution in [0.5, 0.6) is 0 Å². The number of nitrogens with one attached hydrogen (secondary N) is 1. The molecule has 4 heteroatoms. The van der Waals surface area contributed by atoms with Crippen LogP contribution in [0.25, 0.3) is 0 Å². The molecule has 0 radical (unpaired) electrons. The maximum Gasteiger partial charge on any atom is 0.305 e. The summed E-state index contributed by atoms with van der Waals surface area (Å²) in [5, 5.41) is 12.0. The van der Waals surface area contributed by atoms with Crippen LogP contribution in [0.2, 0.25) is 0 Å². The summed E-state index contributed by atoms with van der Waals surface area (Å²) in [6.07, 6.45) is 6.50. The highest BCUT2D eigenvalue weighted by molar-refractivity contribution is 5.75. The van der Waals surface area contributed by atoms with Crippen LogP contribution in [0, 0.1) is 29.6 Å². The molecule has 0 spiro atoms. The van der Waals surface area contributed by atoms with Crippen molar-refractivity contribution in [1.82, 2.24) is 5.32 Å². The molecule has 4 rings (SSSR count). The molecule has 106 valence electrons. The fourth-order valence-corrected chi connectivity index (χ4v) is 5.36. The molecule has 0 aromatic carbocycles. The lowest BCUT2D eigenvalue weighted by Gasteiger charge is -2.56. The zero-order chi connectivity index (χ0) is 13.6. The van der Waals surface area contributed by atoms with Crippen LogP contribution < -0.4 is 5.32 Å². The molecule has 0 aromatic rings. The summed E-state index contributed by atoms with van der Waals surface area (Å²) in [7, 11) is 0. The Morgan fingerprint density at radius 3 is 2.05 bits per heavy atom. The van der Waals surface area contributed by atoms with Crippen molar-refractivity contribution < 1.29 is 14.7 Å². The molecule has 4 aliphatic rings. The number of rotatable bonds is 4. The van der Waals surface area contributed by atoms with Gasteiger partial charge < -0.3 is 10.4 Å². The second kappa shape index (κ2) is 4.80. The average Bonchev–Trinajstić information content (AvgIpc) is 2.25. The predicted molar refractivity (Wildman–Crippen MR) is 70.4 cm³/mol. The van der Waals surface area contributed by atoms with E-state index in [1.54, 1.807) is 0 Å². The van der Waals surface area contributed by atoms with Crippen molar-refractivity contribution in [3.63, 3.8) is 0 Å². The van der Waals surface area contributed by atoms with Crippen molar-refractivity contribution in [2.24, 2.45) is 29.6 Å². The summed E-state index contributed by atoms with van der Waals surface area (Å²) in [6.45, 7) is 1.49. The van der Waals surface area contributed by atoms with Crippen molar-refractivity contribution in [2.45, 2.75) is 51.5 Å². The van der Waals surface area contributed by atoms with Gasteiger partial charge in [0.05, 0.1) is 6.42 Å². The number of amides is 1. The smallest absolute Gasteiger partial charge is 0.305 e. The number of aliphatic carboxylic acids is 1. The molecule has 1 unspecified atom stereocenters. The topological polar surface area (TPSA) is 66.4 Å². The molecule has 0 aliphatic heterocycles. The molecule has 0 aromatic heterocycles. The molecule has 0 heterocycles. The fourth-order valence-electron chi connectivity index (χ4n) is 5.36. The Balaban J connectivity index is 1.77. The van der Waals surface area contributed by atoms with E-state index in [1.165, 1.54) is 39.0 Å². The Hall–Kier alpha value is -1.06. The van der Waals surface area contributed by atoms with Crippen LogP contribution in [0.4, 0.5) is 0 Å². The first-order chi connectivity index (χ1) is 9.02. The minimum Gasteiger partial charge on any atom is -0.481 e. The first-order valence-corrected chi connectivity index (χ1v) is 7.51. The van der Waals surface area contributed by atoms with Crippen LogP contribution in [0.3, 0.4) is 0 Å². The number of hydrogen-bond donors (Lipinski definition) is 2. The van der Waals surface area contributed by atoms with E-state index >= 15 is 0 Å². The van der Waals surface area contributed by atoms with Gasteiger partial charge in [0.15, 0.2) is 0 Å². The molecule has 4 fully saturated rings. The second-order valence-electron chi connectivity index (χ2n) is 6.91. The summed E-state index contributed by atoms with van der Waals surface area (Å²) in [5.41, 5.74) is 0. The number of carboxylic acids is 1. The zero-order valence-corrected chi connectivity index (χ0v) is 11.5. The fraction of sp³-hybridized carbons (Fsp3) is 0.867. The predicted octanol–water partition coefficient (Wildman–Crippen LogP) is 2.04. The van der Waals surface area contributed by atoms with Crippen molar-refractivity contribution >= 4 is 11.9 Å². The van der Waals surface area contributed by atoms with Crippen LogP contribution in [0.15, 0.2) is 0 Å². The Bertz CT molecular complexity index is 349. The summed E-state index contributed by atoms with van der Waals surface area (Å²) in [6, 6.07) is -0.162. The van der Waals surface area contributed by atoms with Gasteiger partial charge in [-0.25, -0.2) is 0 Å². The van der Waals surface area contributed by atoms with Gasteiger partial charge in [-0.2, -0.15) is 0 Å². The monoisotopic (exact) mass is 265 g/mol. The van der Waals surface area contributed by atoms with Gasteiger partial charge >= 0.3 is 5.97 Å². The van der Waals surface area contributed by atoms with Gasteiger partial charge in [0.25, 0.3) is 0 Å². The second-order valence-corrected chi connectivity index (χ2v) is 6.91. The molecule has 4 bridgehead atoms. The van der Waals surface area contributed by atoms with Crippen LogP contribution in [-0.4, -0.2) is 23.0 Å². The Morgan fingerprint density at radius 1 is 1.11 bits per heavy atom. The van der Waals surface area contributed by atoms with Crippen molar-refractivity contribution in [2.75, 3.05) is 0 Å². The minimum atomic E-state index is -0.799. The van der Waals surface area contributed by atoms with Gasteiger partial charge in [0, 0.05) is 13.0 Å². The Morgan fingerprint density at radius 2 is 1.63 bits per heavy atom. The summed E-state index contributed by atoms with van der Waals surface area (Å²) in [5.74, 6) is 2.54. The van der Waals surface area contributed by atoms with E-state index in [1.807, 2.05) is 0 Å². The molecule has 19 heavy (non-hydrogen) atoms. The van der Waals surface area contributed by atoms with E-state index in [9.17, 15) is 9.59 Å². The molecule has 2 N–H and O–H groups in total. The number of carboxylic acid groups (broad SMARTS) is 1. The highest BCUT2D eigenvalue weighted by atomic mass is 16.4. The molecule has 1 atom stereocenters. The Labute approximate surface area is 113 Å². The van der Waals surface area contributed by atoms with Gasteiger partial charge in [-0.1, -0.05) is 0 Å². The summed E-state index contributed by atoms with van der Waals surface area (Å²) in [4.78, 5) is 22.4. The highest BCUT2D eigenvalue weighted by Crippen LogP contribution is 2.57. The lowest BCUT2D eigenvalue weighted by Crippen LogP contribution is -2.54. The quantitative estimate of drug-likeness (QED) is 0.817. The van der Waals surface area contributed by atoms with Gasteiger partial charge in [0.2, 0.25) is 5.91 Å². The third-order valence-electron chi connectivity index (χ3n) is 5.55. The van der Waals surface area contributed by atoms with E-state index in [0.29, 0.717) is 17.8 Å². The number of carbonyl (C=O) groups excluding carboxylic acids is 1. The zero-order valence-electron chi connectivity index (χ0n) is 11.5. The third kappa shape index (κ3) is 2.49. The van der Waals surface area contributed by atoms with E-state index in [2.05, 4.69) is 5.32 Å². The largest absolute Gasteiger partial charge is 0.481 e. The van der Waals surface area contributed by atoms with Gasteiger partial charge in [-0.15, -0.1) is 0 Å². The van der Waals surface area contributed by atoms with Crippen molar-refractivity contribution in [1.29, 1.82) is 0 Å². The van der Waals surface area contributed by atoms with E-state index in [4.69, 9.17) is 5.11 Å². The van der Waals surface area contributed by atoms with E-state index < -0.39 is 5.97 Å². The summed E-state index contributed by atoms with van der Waals surface area (Å²) < 4.78 is 0. The SMILES string of the molecule is CC(=O)NC(CC(=O)O)C1C2CC3CC(C2)CC1C3. The van der Waals surface area contributed by atoms with E-state index in [0.717, 1.165) is 11.8 Å². The molecule has 4 nitrogen and oxygen atoms in total. The summed E-state index contributed by atoms with van der Waals surface area (Å²) >= 11 is 0. The lowest BCUT2D eigenvalue weighted by atomic mass is 9.50. The third-order valence-corrected chi connectivity index (χ3v) is 5.55. The Kier molecular flexibility index (Phi) is 3.27. The molecular formula is C15H23NO3. The van der Waals surface area contributed by atoms with E-state index in [-0.39, 0.29) is 18.4 Å². The maximum absolute atomic E-state index is 11.4. The van der Waals surface area contributed by atoms with Crippen molar-refractivity contribution in [3.8, 4) is 0 Å². The van der Waals surface area contributed by atoms with Crippen molar-refractivity contribution in [3.05, 3.63) is 0 Å². The first kappa shape index (κ1) is 12.9.